The lowest BCUT2D eigenvalue weighted by Crippen LogP contribution is -2.55. The van der Waals surface area contributed by atoms with E-state index in [0.717, 1.165) is 31.7 Å². The SMILES string of the molecule is CC(C(=O)NC1CCCC1)N1CCN(c2nc(N(C)C)cc(C(F)(F)F)n2)CC1. The molecule has 29 heavy (non-hydrogen) atoms. The molecule has 7 nitrogen and oxygen atoms in total. The summed E-state index contributed by atoms with van der Waals surface area (Å²) in [6.07, 6.45) is -0.147. The maximum absolute atomic E-state index is 13.2. The second kappa shape index (κ2) is 8.73. The molecule has 2 aliphatic rings. The van der Waals surface area contributed by atoms with Gasteiger partial charge in [0.05, 0.1) is 6.04 Å². The number of hydrogen-bond acceptors (Lipinski definition) is 6. The van der Waals surface area contributed by atoms with Gasteiger partial charge in [0, 0.05) is 52.4 Å². The molecular weight excluding hydrogens is 385 g/mol. The van der Waals surface area contributed by atoms with E-state index < -0.39 is 11.9 Å². The van der Waals surface area contributed by atoms with Gasteiger partial charge in [0.15, 0.2) is 5.69 Å². The first kappa shape index (κ1) is 21.6. The van der Waals surface area contributed by atoms with E-state index >= 15 is 0 Å². The number of halogens is 3. The van der Waals surface area contributed by atoms with Crippen LogP contribution in [0.4, 0.5) is 24.9 Å². The second-order valence-corrected chi connectivity index (χ2v) is 7.99. The Kier molecular flexibility index (Phi) is 6.50. The first-order valence-electron chi connectivity index (χ1n) is 10.1. The molecule has 0 spiro atoms. The van der Waals surface area contributed by atoms with E-state index in [1.807, 2.05) is 6.92 Å². The topological polar surface area (TPSA) is 64.6 Å². The molecule has 10 heteroatoms. The largest absolute Gasteiger partial charge is 0.433 e. The predicted octanol–water partition coefficient (Wildman–Crippen LogP) is 2.13. The summed E-state index contributed by atoms with van der Waals surface area (Å²) >= 11 is 0. The summed E-state index contributed by atoms with van der Waals surface area (Å²) in [5.41, 5.74) is -0.946. The number of rotatable bonds is 5. The van der Waals surface area contributed by atoms with E-state index in [1.54, 1.807) is 19.0 Å². The van der Waals surface area contributed by atoms with Crippen LogP contribution >= 0.6 is 0 Å². The van der Waals surface area contributed by atoms with Gasteiger partial charge < -0.3 is 15.1 Å². The third-order valence-electron chi connectivity index (χ3n) is 5.68. The van der Waals surface area contributed by atoms with E-state index in [9.17, 15) is 18.0 Å². The fourth-order valence-corrected chi connectivity index (χ4v) is 3.80. The molecule has 1 saturated carbocycles. The molecule has 1 saturated heterocycles. The molecule has 0 radical (unpaired) electrons. The Morgan fingerprint density at radius 1 is 1.17 bits per heavy atom. The number of nitrogens with one attached hydrogen (secondary N) is 1. The molecule has 1 aromatic rings. The Labute approximate surface area is 169 Å². The van der Waals surface area contributed by atoms with Crippen molar-refractivity contribution in [1.29, 1.82) is 0 Å². The van der Waals surface area contributed by atoms with Gasteiger partial charge in [-0.1, -0.05) is 12.8 Å². The van der Waals surface area contributed by atoms with E-state index in [4.69, 9.17) is 0 Å². The number of aromatic nitrogens is 2. The molecule has 1 amide bonds. The van der Waals surface area contributed by atoms with E-state index in [-0.39, 0.29) is 29.8 Å². The minimum Gasteiger partial charge on any atom is -0.363 e. The fraction of sp³-hybridized carbons (Fsp3) is 0.737. The highest BCUT2D eigenvalue weighted by Gasteiger charge is 2.35. The van der Waals surface area contributed by atoms with Crippen molar-refractivity contribution in [3.05, 3.63) is 11.8 Å². The Bertz CT molecular complexity index is 712. The van der Waals surface area contributed by atoms with Gasteiger partial charge in [-0.3, -0.25) is 9.69 Å². The number of hydrogen-bond donors (Lipinski definition) is 1. The first-order chi connectivity index (χ1) is 13.6. The van der Waals surface area contributed by atoms with Crippen molar-refractivity contribution in [3.63, 3.8) is 0 Å². The van der Waals surface area contributed by atoms with Gasteiger partial charge >= 0.3 is 6.18 Å². The number of piperazine rings is 1. The molecule has 1 atom stereocenters. The Hall–Kier alpha value is -2.10. The molecule has 2 heterocycles. The molecule has 0 bridgehead atoms. The van der Waals surface area contributed by atoms with Crippen molar-refractivity contribution in [2.24, 2.45) is 0 Å². The normalized spacial score (nSPS) is 20.0. The van der Waals surface area contributed by atoms with Gasteiger partial charge in [0.2, 0.25) is 11.9 Å². The average Bonchev–Trinajstić information content (AvgIpc) is 3.19. The predicted molar refractivity (Wildman–Crippen MR) is 105 cm³/mol. The molecule has 1 aliphatic heterocycles. The number of carbonyl (C=O) groups is 1. The lowest BCUT2D eigenvalue weighted by atomic mass is 10.2. The van der Waals surface area contributed by atoms with Crippen molar-refractivity contribution in [2.75, 3.05) is 50.1 Å². The lowest BCUT2D eigenvalue weighted by Gasteiger charge is -2.38. The van der Waals surface area contributed by atoms with Crippen LogP contribution in [0.5, 0.6) is 0 Å². The third kappa shape index (κ3) is 5.29. The highest BCUT2D eigenvalue weighted by atomic mass is 19.4. The Morgan fingerprint density at radius 2 is 1.79 bits per heavy atom. The summed E-state index contributed by atoms with van der Waals surface area (Å²) in [5, 5.41) is 3.11. The molecule has 1 aliphatic carbocycles. The molecule has 2 fully saturated rings. The summed E-state index contributed by atoms with van der Waals surface area (Å²) in [7, 11) is 3.30. The lowest BCUT2D eigenvalue weighted by molar-refractivity contribution is -0.141. The minimum absolute atomic E-state index is 0.0237. The zero-order valence-electron chi connectivity index (χ0n) is 17.2. The van der Waals surface area contributed by atoms with Crippen LogP contribution < -0.4 is 15.1 Å². The average molecular weight is 414 g/mol. The molecule has 1 N–H and O–H groups in total. The number of amides is 1. The van der Waals surface area contributed by atoms with Gasteiger partial charge in [-0.2, -0.15) is 18.2 Å². The maximum atomic E-state index is 13.2. The molecule has 1 aromatic heterocycles. The van der Waals surface area contributed by atoms with E-state index in [0.29, 0.717) is 26.2 Å². The highest BCUT2D eigenvalue weighted by Crippen LogP contribution is 2.31. The van der Waals surface area contributed by atoms with Crippen molar-refractivity contribution in [3.8, 4) is 0 Å². The van der Waals surface area contributed by atoms with Gasteiger partial charge in [0.25, 0.3) is 0 Å². The standard InChI is InChI=1S/C19H29F3N6O/c1-13(17(29)23-14-6-4-5-7-14)27-8-10-28(11-9-27)18-24-15(19(20,21)22)12-16(25-18)26(2)3/h12-14H,4-11H2,1-3H3,(H,23,29). The molecule has 1 unspecified atom stereocenters. The molecule has 0 aromatic carbocycles. The van der Waals surface area contributed by atoms with Crippen LogP contribution in [0.15, 0.2) is 6.07 Å². The second-order valence-electron chi connectivity index (χ2n) is 7.99. The number of carbonyl (C=O) groups excluding carboxylic acids is 1. The van der Waals surface area contributed by atoms with Gasteiger partial charge in [-0.05, 0) is 19.8 Å². The van der Waals surface area contributed by atoms with Crippen LogP contribution in [0.25, 0.3) is 0 Å². The van der Waals surface area contributed by atoms with Crippen LogP contribution in [0.3, 0.4) is 0 Å². The highest BCUT2D eigenvalue weighted by molar-refractivity contribution is 5.81. The van der Waals surface area contributed by atoms with Gasteiger partial charge in [-0.15, -0.1) is 0 Å². The van der Waals surface area contributed by atoms with Crippen molar-refractivity contribution < 1.29 is 18.0 Å². The Balaban J connectivity index is 1.64. The summed E-state index contributed by atoms with van der Waals surface area (Å²) in [6, 6.07) is 0.960. The zero-order chi connectivity index (χ0) is 21.2. The summed E-state index contributed by atoms with van der Waals surface area (Å²) < 4.78 is 39.7. The maximum Gasteiger partial charge on any atom is 0.433 e. The summed E-state index contributed by atoms with van der Waals surface area (Å²) in [4.78, 5) is 25.9. The van der Waals surface area contributed by atoms with Crippen LogP contribution in [0.2, 0.25) is 0 Å². The summed E-state index contributed by atoms with van der Waals surface area (Å²) in [5.74, 6) is 0.316. The van der Waals surface area contributed by atoms with Crippen molar-refractivity contribution >= 4 is 17.7 Å². The van der Waals surface area contributed by atoms with E-state index in [2.05, 4.69) is 20.2 Å². The first-order valence-corrected chi connectivity index (χ1v) is 10.1. The minimum atomic E-state index is -4.53. The Morgan fingerprint density at radius 3 is 2.34 bits per heavy atom. The van der Waals surface area contributed by atoms with Crippen LogP contribution in [0, 0.1) is 0 Å². The van der Waals surface area contributed by atoms with Gasteiger partial charge in [0.1, 0.15) is 5.82 Å². The quantitative estimate of drug-likeness (QED) is 0.797. The van der Waals surface area contributed by atoms with E-state index in [1.165, 1.54) is 4.90 Å². The molecule has 3 rings (SSSR count). The fourth-order valence-electron chi connectivity index (χ4n) is 3.80. The van der Waals surface area contributed by atoms with Crippen LogP contribution in [-0.2, 0) is 11.0 Å². The van der Waals surface area contributed by atoms with Crippen LogP contribution in [-0.4, -0.2) is 73.1 Å². The molecule has 162 valence electrons. The number of nitrogens with zero attached hydrogens (tertiary/aromatic N) is 5. The molecular formula is C19H29F3N6O. The van der Waals surface area contributed by atoms with Crippen molar-refractivity contribution in [1.82, 2.24) is 20.2 Å². The van der Waals surface area contributed by atoms with Gasteiger partial charge in [-0.25, -0.2) is 4.98 Å². The summed E-state index contributed by atoms with van der Waals surface area (Å²) in [6.45, 7) is 3.95. The monoisotopic (exact) mass is 414 g/mol. The third-order valence-corrected chi connectivity index (χ3v) is 5.68. The smallest absolute Gasteiger partial charge is 0.363 e. The van der Waals surface area contributed by atoms with Crippen LogP contribution in [0.1, 0.15) is 38.3 Å². The van der Waals surface area contributed by atoms with Crippen molar-refractivity contribution in [2.45, 2.75) is 50.9 Å². The zero-order valence-corrected chi connectivity index (χ0v) is 17.2. The number of alkyl halides is 3. The number of anilines is 2.